The van der Waals surface area contributed by atoms with Crippen molar-refractivity contribution in [1.82, 2.24) is 0 Å². The first kappa shape index (κ1) is 14.2. The standard InChI is InChI=1S/C13H24O2/c1-10(2)12(4)7-6-11(3)8-9-15-13(5)14/h11H,6-9H2,1-5H3/t11-/m1/s1. The maximum atomic E-state index is 10.6. The molecule has 0 aliphatic heterocycles. The smallest absolute Gasteiger partial charge is 0.302 e. The van der Waals surface area contributed by atoms with Crippen molar-refractivity contribution >= 4 is 5.97 Å². The lowest BCUT2D eigenvalue weighted by Gasteiger charge is -2.11. The predicted molar refractivity (Wildman–Crippen MR) is 63.7 cm³/mol. The third-order valence-electron chi connectivity index (χ3n) is 2.78. The molecule has 0 aromatic rings. The zero-order valence-corrected chi connectivity index (χ0v) is 10.7. The minimum absolute atomic E-state index is 0.178. The monoisotopic (exact) mass is 212 g/mol. The number of carbonyl (C=O) groups is 1. The molecule has 2 heteroatoms. The van der Waals surface area contributed by atoms with Crippen molar-refractivity contribution in [3.63, 3.8) is 0 Å². The number of rotatable bonds is 6. The third-order valence-corrected chi connectivity index (χ3v) is 2.78. The topological polar surface area (TPSA) is 26.3 Å². The molecule has 88 valence electrons. The first-order valence-electron chi connectivity index (χ1n) is 5.69. The minimum Gasteiger partial charge on any atom is -0.466 e. The van der Waals surface area contributed by atoms with Crippen LogP contribution in [-0.4, -0.2) is 12.6 Å². The van der Waals surface area contributed by atoms with E-state index in [4.69, 9.17) is 4.74 Å². The molecule has 0 aliphatic carbocycles. The van der Waals surface area contributed by atoms with Gasteiger partial charge in [0.2, 0.25) is 0 Å². The molecule has 0 rings (SSSR count). The highest BCUT2D eigenvalue weighted by Crippen LogP contribution is 2.16. The summed E-state index contributed by atoms with van der Waals surface area (Å²) < 4.78 is 4.92. The average Bonchev–Trinajstić information content (AvgIpc) is 2.13. The molecule has 0 unspecified atom stereocenters. The van der Waals surface area contributed by atoms with E-state index in [1.807, 2.05) is 0 Å². The number of esters is 1. The Hall–Kier alpha value is -0.790. The second-order valence-corrected chi connectivity index (χ2v) is 4.55. The van der Waals surface area contributed by atoms with Crippen LogP contribution in [0.3, 0.4) is 0 Å². The van der Waals surface area contributed by atoms with Crippen LogP contribution in [0.15, 0.2) is 11.1 Å². The van der Waals surface area contributed by atoms with E-state index in [1.165, 1.54) is 24.5 Å². The lowest BCUT2D eigenvalue weighted by atomic mass is 9.97. The fourth-order valence-electron chi connectivity index (χ4n) is 1.26. The number of carbonyl (C=O) groups excluding carboxylic acids is 1. The molecule has 0 aromatic carbocycles. The Bertz CT molecular complexity index is 225. The minimum atomic E-state index is -0.178. The van der Waals surface area contributed by atoms with Gasteiger partial charge in [0, 0.05) is 6.92 Å². The van der Waals surface area contributed by atoms with E-state index in [2.05, 4.69) is 27.7 Å². The Labute approximate surface area is 93.7 Å². The normalized spacial score (nSPS) is 12.1. The SMILES string of the molecule is CC(=O)OCC[C@H](C)CCC(C)=C(C)C. The Morgan fingerprint density at radius 2 is 1.73 bits per heavy atom. The van der Waals surface area contributed by atoms with Crippen LogP contribution in [0.4, 0.5) is 0 Å². The maximum Gasteiger partial charge on any atom is 0.302 e. The Morgan fingerprint density at radius 1 is 1.13 bits per heavy atom. The van der Waals surface area contributed by atoms with Crippen molar-refractivity contribution in [2.24, 2.45) is 5.92 Å². The first-order valence-corrected chi connectivity index (χ1v) is 5.69. The van der Waals surface area contributed by atoms with Gasteiger partial charge in [-0.15, -0.1) is 0 Å². The van der Waals surface area contributed by atoms with Crippen molar-refractivity contribution in [2.75, 3.05) is 6.61 Å². The number of allylic oxidation sites excluding steroid dienone is 2. The van der Waals surface area contributed by atoms with Crippen molar-refractivity contribution in [3.8, 4) is 0 Å². The van der Waals surface area contributed by atoms with Gasteiger partial charge in [-0.3, -0.25) is 4.79 Å². The van der Waals surface area contributed by atoms with Gasteiger partial charge in [0.25, 0.3) is 0 Å². The predicted octanol–water partition coefficient (Wildman–Crippen LogP) is 3.71. The first-order chi connectivity index (χ1) is 6.93. The highest BCUT2D eigenvalue weighted by Gasteiger charge is 2.04. The van der Waals surface area contributed by atoms with Crippen LogP contribution < -0.4 is 0 Å². The molecule has 0 N–H and O–H groups in total. The maximum absolute atomic E-state index is 10.6. The van der Waals surface area contributed by atoms with Crippen LogP contribution in [0.1, 0.15) is 53.9 Å². The van der Waals surface area contributed by atoms with Crippen molar-refractivity contribution in [2.45, 2.75) is 53.9 Å². The van der Waals surface area contributed by atoms with E-state index in [1.54, 1.807) is 0 Å². The highest BCUT2D eigenvalue weighted by molar-refractivity contribution is 5.65. The summed E-state index contributed by atoms with van der Waals surface area (Å²) in [6, 6.07) is 0. The zero-order chi connectivity index (χ0) is 11.8. The Balaban J connectivity index is 3.62. The third kappa shape index (κ3) is 8.22. The van der Waals surface area contributed by atoms with Gasteiger partial charge in [-0.25, -0.2) is 0 Å². The molecule has 0 aliphatic rings. The summed E-state index contributed by atoms with van der Waals surface area (Å²) in [6.07, 6.45) is 3.30. The number of hydrogen-bond donors (Lipinski definition) is 0. The molecule has 0 spiro atoms. The second-order valence-electron chi connectivity index (χ2n) is 4.55. The molecule has 0 fully saturated rings. The summed E-state index contributed by atoms with van der Waals surface area (Å²) in [5.74, 6) is 0.446. The molecule has 0 aromatic heterocycles. The van der Waals surface area contributed by atoms with E-state index in [9.17, 15) is 4.79 Å². The van der Waals surface area contributed by atoms with Crippen molar-refractivity contribution in [3.05, 3.63) is 11.1 Å². The van der Waals surface area contributed by atoms with Crippen molar-refractivity contribution < 1.29 is 9.53 Å². The van der Waals surface area contributed by atoms with Crippen LogP contribution in [-0.2, 0) is 9.53 Å². The van der Waals surface area contributed by atoms with E-state index in [0.29, 0.717) is 12.5 Å². The van der Waals surface area contributed by atoms with E-state index in [-0.39, 0.29) is 5.97 Å². The fraction of sp³-hybridized carbons (Fsp3) is 0.769. The summed E-state index contributed by atoms with van der Waals surface area (Å²) in [5, 5.41) is 0. The summed E-state index contributed by atoms with van der Waals surface area (Å²) in [4.78, 5) is 10.6. The van der Waals surface area contributed by atoms with Gasteiger partial charge < -0.3 is 4.74 Å². The van der Waals surface area contributed by atoms with Crippen LogP contribution in [0.5, 0.6) is 0 Å². The Morgan fingerprint density at radius 3 is 2.20 bits per heavy atom. The van der Waals surface area contributed by atoms with Crippen LogP contribution in [0, 0.1) is 5.92 Å². The molecular weight excluding hydrogens is 188 g/mol. The van der Waals surface area contributed by atoms with E-state index in [0.717, 1.165) is 12.8 Å². The zero-order valence-electron chi connectivity index (χ0n) is 10.7. The highest BCUT2D eigenvalue weighted by atomic mass is 16.5. The van der Waals surface area contributed by atoms with E-state index < -0.39 is 0 Å². The van der Waals surface area contributed by atoms with Gasteiger partial charge >= 0.3 is 5.97 Å². The molecule has 0 bridgehead atoms. The summed E-state index contributed by atoms with van der Waals surface area (Å²) >= 11 is 0. The number of ether oxygens (including phenoxy) is 1. The molecule has 0 saturated carbocycles. The van der Waals surface area contributed by atoms with Gasteiger partial charge in [-0.2, -0.15) is 0 Å². The second kappa shape index (κ2) is 7.49. The lowest BCUT2D eigenvalue weighted by Crippen LogP contribution is -2.05. The average molecular weight is 212 g/mol. The van der Waals surface area contributed by atoms with Crippen LogP contribution in [0.2, 0.25) is 0 Å². The molecule has 0 amide bonds. The summed E-state index contributed by atoms with van der Waals surface area (Å²) in [7, 11) is 0. The quantitative estimate of drug-likeness (QED) is 0.495. The number of hydrogen-bond acceptors (Lipinski definition) is 2. The fourth-order valence-corrected chi connectivity index (χ4v) is 1.26. The van der Waals surface area contributed by atoms with Gasteiger partial charge in [0.15, 0.2) is 0 Å². The Kier molecular flexibility index (Phi) is 7.10. The molecule has 15 heavy (non-hydrogen) atoms. The molecule has 2 nitrogen and oxygen atoms in total. The van der Waals surface area contributed by atoms with Gasteiger partial charge in [-0.05, 0) is 46.0 Å². The van der Waals surface area contributed by atoms with Gasteiger partial charge in [0.05, 0.1) is 6.61 Å². The van der Waals surface area contributed by atoms with Crippen LogP contribution in [0.25, 0.3) is 0 Å². The molecular formula is C13H24O2. The van der Waals surface area contributed by atoms with Crippen LogP contribution >= 0.6 is 0 Å². The van der Waals surface area contributed by atoms with E-state index >= 15 is 0 Å². The largest absolute Gasteiger partial charge is 0.466 e. The summed E-state index contributed by atoms with van der Waals surface area (Å²) in [6.45, 7) is 10.7. The molecule has 0 heterocycles. The molecule has 0 saturated heterocycles. The molecule has 1 atom stereocenters. The molecule has 0 radical (unpaired) electrons. The lowest BCUT2D eigenvalue weighted by molar-refractivity contribution is -0.141. The van der Waals surface area contributed by atoms with Gasteiger partial charge in [0.1, 0.15) is 0 Å². The van der Waals surface area contributed by atoms with Gasteiger partial charge in [-0.1, -0.05) is 18.1 Å². The summed E-state index contributed by atoms with van der Waals surface area (Å²) in [5.41, 5.74) is 2.90. The van der Waals surface area contributed by atoms with Crippen molar-refractivity contribution in [1.29, 1.82) is 0 Å².